The number of nitrogens with zero attached hydrogens (tertiary/aromatic N) is 1. The van der Waals surface area contributed by atoms with Crippen molar-refractivity contribution in [1.29, 1.82) is 0 Å². The average Bonchev–Trinajstić information content (AvgIpc) is 3.16. The number of Topliss-reactive ketones (excluding diaryl/α,β-unsaturated/α-hetero) is 1. The van der Waals surface area contributed by atoms with Crippen molar-refractivity contribution in [2.24, 2.45) is 29.1 Å². The van der Waals surface area contributed by atoms with E-state index in [0.717, 1.165) is 19.4 Å². The molecule has 0 spiro atoms. The minimum atomic E-state index is -0.392. The van der Waals surface area contributed by atoms with E-state index in [1.165, 1.54) is 6.42 Å². The lowest BCUT2D eigenvalue weighted by molar-refractivity contribution is -0.153. The maximum Gasteiger partial charge on any atom is 0.257 e. The zero-order valence-corrected chi connectivity index (χ0v) is 17.7. The minimum Gasteiger partial charge on any atom is -0.298 e. The molecule has 5 atom stereocenters. The molecule has 5 nitrogen and oxygen atoms in total. The number of ketones is 1. The van der Waals surface area contributed by atoms with Gasteiger partial charge >= 0.3 is 0 Å². The van der Waals surface area contributed by atoms with Gasteiger partial charge in [0.25, 0.3) is 5.91 Å². The Balaban J connectivity index is 1.36. The molecule has 1 saturated heterocycles. The number of likely N-dealkylation sites (tertiary alicyclic amines) is 1. The van der Waals surface area contributed by atoms with Gasteiger partial charge in [-0.3, -0.25) is 24.6 Å². The van der Waals surface area contributed by atoms with Crippen molar-refractivity contribution in [2.45, 2.75) is 52.5 Å². The first-order valence-corrected chi connectivity index (χ1v) is 11.0. The predicted octanol–water partition coefficient (Wildman–Crippen LogP) is 3.29. The van der Waals surface area contributed by atoms with Crippen molar-refractivity contribution in [3.63, 3.8) is 0 Å². The van der Waals surface area contributed by atoms with Gasteiger partial charge in [-0.15, -0.1) is 0 Å². The van der Waals surface area contributed by atoms with Gasteiger partial charge in [-0.05, 0) is 67.5 Å². The minimum absolute atomic E-state index is 0.113. The molecular weight excluding hydrogens is 364 g/mol. The van der Waals surface area contributed by atoms with E-state index in [9.17, 15) is 14.4 Å². The van der Waals surface area contributed by atoms with Crippen LogP contribution in [0.15, 0.2) is 30.3 Å². The SMILES string of the molecule is CC1C(C(=O)CN2CCC[C@@H]2C(=O)NC(=O)c2ccccc2)CC2CC1C2(C)C. The molecule has 3 aliphatic carbocycles. The first-order chi connectivity index (χ1) is 13.8. The average molecular weight is 397 g/mol. The Morgan fingerprint density at radius 1 is 1.14 bits per heavy atom. The lowest BCUT2D eigenvalue weighted by Gasteiger charge is -2.61. The van der Waals surface area contributed by atoms with Gasteiger partial charge in [-0.1, -0.05) is 39.0 Å². The van der Waals surface area contributed by atoms with Gasteiger partial charge in [-0.2, -0.15) is 0 Å². The van der Waals surface area contributed by atoms with Crippen LogP contribution in [0.25, 0.3) is 0 Å². The summed E-state index contributed by atoms with van der Waals surface area (Å²) in [5.74, 6) is 1.42. The summed E-state index contributed by atoms with van der Waals surface area (Å²) >= 11 is 0. The van der Waals surface area contributed by atoms with Gasteiger partial charge in [0, 0.05) is 11.5 Å². The normalized spacial score (nSPS) is 33.0. The van der Waals surface area contributed by atoms with Crippen LogP contribution < -0.4 is 5.32 Å². The summed E-state index contributed by atoms with van der Waals surface area (Å²) in [4.78, 5) is 40.1. The summed E-state index contributed by atoms with van der Waals surface area (Å²) in [7, 11) is 0. The highest BCUT2D eigenvalue weighted by Crippen LogP contribution is 2.63. The third-order valence-electron chi connectivity index (χ3n) is 8.07. The summed E-state index contributed by atoms with van der Waals surface area (Å²) in [6.45, 7) is 7.98. The Bertz CT molecular complexity index is 804. The van der Waals surface area contributed by atoms with E-state index in [1.807, 2.05) is 11.0 Å². The van der Waals surface area contributed by atoms with E-state index < -0.39 is 6.04 Å². The number of amides is 2. The molecule has 2 bridgehead atoms. The Morgan fingerprint density at radius 3 is 2.52 bits per heavy atom. The molecule has 5 rings (SSSR count). The molecule has 3 saturated carbocycles. The first kappa shape index (κ1) is 20.3. The van der Waals surface area contributed by atoms with E-state index in [2.05, 4.69) is 26.1 Å². The Hall–Kier alpha value is -2.01. The van der Waals surface area contributed by atoms with Gasteiger partial charge in [0.15, 0.2) is 0 Å². The standard InChI is InChI=1S/C24H32N2O3/c1-15-18(12-17-13-19(15)24(17,2)3)21(27)14-26-11-7-10-20(26)23(29)25-22(28)16-8-5-4-6-9-16/h4-6,8-9,15,17-20H,7,10-14H2,1-3H3,(H,25,28,29)/t15?,17?,18?,19?,20-/m1/s1. The van der Waals surface area contributed by atoms with Crippen LogP contribution in [-0.2, 0) is 9.59 Å². The summed E-state index contributed by atoms with van der Waals surface area (Å²) in [6.07, 6.45) is 3.82. The maximum absolute atomic E-state index is 13.1. The van der Waals surface area contributed by atoms with Crippen LogP contribution in [0.2, 0.25) is 0 Å². The number of imide groups is 1. The number of carbonyl (C=O) groups excluding carboxylic acids is 3. The molecule has 0 aromatic heterocycles. The van der Waals surface area contributed by atoms with Crippen molar-refractivity contribution in [2.75, 3.05) is 13.1 Å². The second kappa shape index (κ2) is 7.67. The molecule has 2 amide bonds. The van der Waals surface area contributed by atoms with Crippen molar-refractivity contribution in [1.82, 2.24) is 10.2 Å². The van der Waals surface area contributed by atoms with Crippen LogP contribution in [0.3, 0.4) is 0 Å². The van der Waals surface area contributed by atoms with Crippen molar-refractivity contribution >= 4 is 17.6 Å². The summed E-state index contributed by atoms with van der Waals surface area (Å²) < 4.78 is 0. The topological polar surface area (TPSA) is 66.5 Å². The summed E-state index contributed by atoms with van der Waals surface area (Å²) in [5, 5.41) is 2.52. The third kappa shape index (κ3) is 3.65. The van der Waals surface area contributed by atoms with E-state index >= 15 is 0 Å². The molecule has 1 aliphatic heterocycles. The van der Waals surface area contributed by atoms with Crippen LogP contribution in [0.1, 0.15) is 56.8 Å². The molecule has 4 aliphatic rings. The molecule has 4 fully saturated rings. The number of hydrogen-bond donors (Lipinski definition) is 1. The second-order valence-corrected chi connectivity index (χ2v) is 9.84. The van der Waals surface area contributed by atoms with Crippen molar-refractivity contribution < 1.29 is 14.4 Å². The smallest absolute Gasteiger partial charge is 0.257 e. The highest BCUT2D eigenvalue weighted by molar-refractivity contribution is 6.06. The number of benzene rings is 1. The quantitative estimate of drug-likeness (QED) is 0.776. The highest BCUT2D eigenvalue weighted by Gasteiger charge is 2.57. The monoisotopic (exact) mass is 396 g/mol. The first-order valence-electron chi connectivity index (χ1n) is 11.0. The fraction of sp³-hybridized carbons (Fsp3) is 0.625. The van der Waals surface area contributed by atoms with Gasteiger partial charge in [0.1, 0.15) is 5.78 Å². The molecule has 1 heterocycles. The fourth-order valence-electron chi connectivity index (χ4n) is 6.06. The molecule has 1 N–H and O–H groups in total. The van der Waals surface area contributed by atoms with E-state index in [1.54, 1.807) is 24.3 Å². The second-order valence-electron chi connectivity index (χ2n) is 9.84. The zero-order valence-electron chi connectivity index (χ0n) is 17.7. The van der Waals surface area contributed by atoms with Gasteiger partial charge in [0.05, 0.1) is 12.6 Å². The van der Waals surface area contributed by atoms with E-state index in [4.69, 9.17) is 0 Å². The molecule has 1 aromatic carbocycles. The van der Waals surface area contributed by atoms with Gasteiger partial charge in [0.2, 0.25) is 5.91 Å². The van der Waals surface area contributed by atoms with E-state index in [-0.39, 0.29) is 23.5 Å². The van der Waals surface area contributed by atoms with Crippen molar-refractivity contribution in [3.05, 3.63) is 35.9 Å². The molecule has 29 heavy (non-hydrogen) atoms. The van der Waals surface area contributed by atoms with Crippen LogP contribution in [0.4, 0.5) is 0 Å². The van der Waals surface area contributed by atoms with Crippen LogP contribution in [0.5, 0.6) is 0 Å². The Kier molecular flexibility index (Phi) is 5.36. The molecule has 1 aromatic rings. The lowest BCUT2D eigenvalue weighted by Crippen LogP contribution is -2.57. The Labute approximate surface area is 173 Å². The van der Waals surface area contributed by atoms with Crippen LogP contribution in [0, 0.1) is 29.1 Å². The fourth-order valence-corrected chi connectivity index (χ4v) is 6.06. The maximum atomic E-state index is 13.1. The largest absolute Gasteiger partial charge is 0.298 e. The molecule has 156 valence electrons. The number of fused-ring (bicyclic) bond motifs is 2. The van der Waals surface area contributed by atoms with Crippen LogP contribution in [-0.4, -0.2) is 41.6 Å². The van der Waals surface area contributed by atoms with Gasteiger partial charge < -0.3 is 0 Å². The number of hydrogen-bond acceptors (Lipinski definition) is 4. The molecule has 5 heteroatoms. The van der Waals surface area contributed by atoms with Gasteiger partial charge in [-0.25, -0.2) is 0 Å². The highest BCUT2D eigenvalue weighted by atomic mass is 16.2. The predicted molar refractivity (Wildman–Crippen MR) is 111 cm³/mol. The van der Waals surface area contributed by atoms with E-state index in [0.29, 0.717) is 41.7 Å². The molecule has 4 unspecified atom stereocenters. The number of carbonyl (C=O) groups is 3. The zero-order chi connectivity index (χ0) is 20.8. The number of rotatable bonds is 5. The molecule has 0 radical (unpaired) electrons. The van der Waals surface area contributed by atoms with Crippen LogP contribution >= 0.6 is 0 Å². The number of nitrogens with one attached hydrogen (secondary N) is 1. The lowest BCUT2D eigenvalue weighted by atomic mass is 9.43. The summed E-state index contributed by atoms with van der Waals surface area (Å²) in [6, 6.07) is 8.37. The third-order valence-corrected chi connectivity index (χ3v) is 8.07. The van der Waals surface area contributed by atoms with Crippen molar-refractivity contribution in [3.8, 4) is 0 Å². The molecular formula is C24H32N2O3. The Morgan fingerprint density at radius 2 is 1.86 bits per heavy atom. The summed E-state index contributed by atoms with van der Waals surface area (Å²) in [5.41, 5.74) is 0.837.